The molecule has 30 heavy (non-hydrogen) atoms. The Morgan fingerprint density at radius 3 is 2.57 bits per heavy atom. The summed E-state index contributed by atoms with van der Waals surface area (Å²) in [4.78, 5) is 18.0. The molecule has 0 saturated heterocycles. The van der Waals surface area contributed by atoms with Gasteiger partial charge in [0, 0.05) is 23.8 Å². The van der Waals surface area contributed by atoms with Crippen LogP contribution in [0.1, 0.15) is 12.1 Å². The van der Waals surface area contributed by atoms with Crippen molar-refractivity contribution < 1.29 is 31.1 Å². The molecule has 2 heterocycles. The van der Waals surface area contributed by atoms with Crippen LogP contribution < -0.4 is 4.72 Å². The molecule has 0 spiro atoms. The number of hydrogen-bond donors (Lipinski definition) is 2. The van der Waals surface area contributed by atoms with Crippen LogP contribution in [0, 0.1) is 6.92 Å². The van der Waals surface area contributed by atoms with Crippen LogP contribution in [0.4, 0.5) is 13.2 Å². The quantitative estimate of drug-likeness (QED) is 0.433. The molecule has 0 aliphatic rings. The number of alkyl halides is 3. The molecule has 11 heteroatoms. The van der Waals surface area contributed by atoms with E-state index in [1.165, 1.54) is 12.1 Å². The summed E-state index contributed by atoms with van der Waals surface area (Å²) in [5.41, 5.74) is 3.39. The first-order valence-corrected chi connectivity index (χ1v) is 10.3. The number of pyridine rings is 1. The molecule has 1 aromatic carbocycles. The summed E-state index contributed by atoms with van der Waals surface area (Å²) in [6, 6.07) is 9.99. The minimum atomic E-state index is -5.07. The average molecular weight is 441 g/mol. The maximum absolute atomic E-state index is 12.3. The molecule has 3 rings (SSSR count). The van der Waals surface area contributed by atoms with E-state index in [1.807, 2.05) is 19.1 Å². The van der Waals surface area contributed by atoms with E-state index in [2.05, 4.69) is 19.4 Å². The van der Waals surface area contributed by atoms with Crippen molar-refractivity contribution in [1.82, 2.24) is 14.7 Å². The van der Waals surface area contributed by atoms with Crippen LogP contribution in [-0.4, -0.2) is 43.7 Å². The highest BCUT2D eigenvalue weighted by atomic mass is 32.2. The molecule has 7 nitrogen and oxygen atoms in total. The highest BCUT2D eigenvalue weighted by molar-refractivity contribution is 7.89. The zero-order valence-electron chi connectivity index (χ0n) is 15.8. The van der Waals surface area contributed by atoms with Gasteiger partial charge in [-0.1, -0.05) is 12.1 Å². The first kappa shape index (κ1) is 21.8. The van der Waals surface area contributed by atoms with Crippen molar-refractivity contribution in [2.24, 2.45) is 0 Å². The number of H-pyrrole nitrogens is 1. The molecule has 2 N–H and O–H groups in total. The number of aromatic amines is 1. The maximum Gasteiger partial charge on any atom is 0.490 e. The fourth-order valence-electron chi connectivity index (χ4n) is 2.83. The lowest BCUT2D eigenvalue weighted by Crippen LogP contribution is -2.28. The summed E-state index contributed by atoms with van der Waals surface area (Å²) >= 11 is 0. The Labute approximate surface area is 170 Å². The van der Waals surface area contributed by atoms with Crippen LogP contribution >= 0.6 is 0 Å². The van der Waals surface area contributed by atoms with Gasteiger partial charge in [-0.15, -0.1) is 0 Å². The highest BCUT2D eigenvalue weighted by Crippen LogP contribution is 2.28. The lowest BCUT2D eigenvalue weighted by Gasteiger charge is -2.09. The minimum Gasteiger partial charge on any atom is -0.459 e. The van der Waals surface area contributed by atoms with E-state index >= 15 is 0 Å². The lowest BCUT2D eigenvalue weighted by molar-refractivity contribution is -0.199. The lowest BCUT2D eigenvalue weighted by atomic mass is 10.0. The monoisotopic (exact) mass is 441 g/mol. The highest BCUT2D eigenvalue weighted by Gasteiger charge is 2.40. The maximum atomic E-state index is 12.3. The summed E-state index contributed by atoms with van der Waals surface area (Å²) in [5, 5.41) is 0.914. The van der Waals surface area contributed by atoms with Crippen molar-refractivity contribution in [2.45, 2.75) is 24.4 Å². The predicted octanol–water partition coefficient (Wildman–Crippen LogP) is 3.31. The number of halogens is 3. The first-order chi connectivity index (χ1) is 14.1. The third-order valence-electron chi connectivity index (χ3n) is 4.22. The van der Waals surface area contributed by atoms with Crippen molar-refractivity contribution in [3.8, 4) is 11.1 Å². The van der Waals surface area contributed by atoms with Gasteiger partial charge in [0.15, 0.2) is 0 Å². The van der Waals surface area contributed by atoms with Gasteiger partial charge in [0.2, 0.25) is 10.0 Å². The Kier molecular flexibility index (Phi) is 6.13. The van der Waals surface area contributed by atoms with Crippen LogP contribution in [-0.2, 0) is 19.6 Å². The van der Waals surface area contributed by atoms with Crippen molar-refractivity contribution in [2.75, 3.05) is 13.2 Å². The number of nitrogens with zero attached hydrogens (tertiary/aromatic N) is 1. The number of aryl methyl sites for hydroxylation is 1. The van der Waals surface area contributed by atoms with Crippen molar-refractivity contribution >= 4 is 27.0 Å². The van der Waals surface area contributed by atoms with Crippen LogP contribution in [0.25, 0.3) is 22.2 Å². The van der Waals surface area contributed by atoms with Gasteiger partial charge in [0.1, 0.15) is 5.65 Å². The third kappa shape index (κ3) is 4.97. The van der Waals surface area contributed by atoms with Crippen molar-refractivity contribution in [3.63, 3.8) is 0 Å². The molecule has 160 valence electrons. The van der Waals surface area contributed by atoms with E-state index in [4.69, 9.17) is 0 Å². The molecule has 3 aromatic rings. The van der Waals surface area contributed by atoms with E-state index in [0.29, 0.717) is 0 Å². The Bertz CT molecular complexity index is 1160. The number of aromatic nitrogens is 2. The number of rotatable bonds is 7. The van der Waals surface area contributed by atoms with E-state index in [1.54, 1.807) is 18.3 Å². The second kappa shape index (κ2) is 8.44. The molecule has 2 aromatic heterocycles. The normalized spacial score (nSPS) is 12.3. The van der Waals surface area contributed by atoms with E-state index in [9.17, 15) is 26.4 Å². The van der Waals surface area contributed by atoms with E-state index in [0.717, 1.165) is 27.9 Å². The summed E-state index contributed by atoms with van der Waals surface area (Å²) in [7, 11) is -3.86. The van der Waals surface area contributed by atoms with E-state index < -0.39 is 28.8 Å². The smallest absolute Gasteiger partial charge is 0.459 e. The summed E-state index contributed by atoms with van der Waals surface area (Å²) in [6.45, 7) is 1.19. The van der Waals surface area contributed by atoms with Gasteiger partial charge in [-0.25, -0.2) is 22.9 Å². The summed E-state index contributed by atoms with van der Waals surface area (Å²) in [5.74, 6) is -2.30. The second-order valence-corrected chi connectivity index (χ2v) is 8.25. The average Bonchev–Trinajstić information content (AvgIpc) is 3.07. The largest absolute Gasteiger partial charge is 0.490 e. The number of fused-ring (bicyclic) bond motifs is 1. The van der Waals surface area contributed by atoms with Gasteiger partial charge in [-0.05, 0) is 48.7 Å². The molecule has 0 saturated carbocycles. The molecule has 0 aliphatic carbocycles. The number of carbonyl (C=O) groups is 1. The minimum absolute atomic E-state index is 0.00841. The number of carbonyl (C=O) groups excluding carboxylic acids is 1. The van der Waals surface area contributed by atoms with Gasteiger partial charge < -0.3 is 9.72 Å². The first-order valence-electron chi connectivity index (χ1n) is 8.86. The fraction of sp³-hybridized carbons (Fsp3) is 0.263. The third-order valence-corrected chi connectivity index (χ3v) is 5.70. The standard InChI is InChI=1S/C19H18F3N3O4S/c1-12-11-16-15(7-9-23-17(16)25-12)13-3-5-14(6-4-13)30(27,28)24-8-2-10-29-18(26)19(20,21)22/h3-7,9,11,24H,2,8,10H2,1H3,(H,23,25). The second-order valence-electron chi connectivity index (χ2n) is 6.48. The van der Waals surface area contributed by atoms with Gasteiger partial charge in [0.05, 0.1) is 11.5 Å². The summed E-state index contributed by atoms with van der Waals surface area (Å²) in [6.07, 6.45) is -3.51. The number of sulfonamides is 1. The predicted molar refractivity (Wildman–Crippen MR) is 103 cm³/mol. The zero-order chi connectivity index (χ0) is 21.9. The van der Waals surface area contributed by atoms with Gasteiger partial charge in [-0.2, -0.15) is 13.2 Å². The molecule has 0 atom stereocenters. The molecular weight excluding hydrogens is 423 g/mol. The van der Waals surface area contributed by atoms with Crippen LogP contribution in [0.5, 0.6) is 0 Å². The Hall–Kier alpha value is -2.92. The summed E-state index contributed by atoms with van der Waals surface area (Å²) < 4.78 is 67.0. The molecule has 0 unspecified atom stereocenters. The SMILES string of the molecule is Cc1cc2c(-c3ccc(S(=O)(=O)NCCCOC(=O)C(F)(F)F)cc3)ccnc2[nH]1. The molecular formula is C19H18F3N3O4S. The molecule has 0 bridgehead atoms. The molecule has 0 amide bonds. The Morgan fingerprint density at radius 2 is 1.90 bits per heavy atom. The van der Waals surface area contributed by atoms with Crippen LogP contribution in [0.15, 0.2) is 47.5 Å². The molecule has 0 radical (unpaired) electrons. The van der Waals surface area contributed by atoms with Crippen molar-refractivity contribution in [1.29, 1.82) is 0 Å². The number of esters is 1. The van der Waals surface area contributed by atoms with Gasteiger partial charge in [0.25, 0.3) is 0 Å². The van der Waals surface area contributed by atoms with Crippen LogP contribution in [0.2, 0.25) is 0 Å². The van der Waals surface area contributed by atoms with Gasteiger partial charge >= 0.3 is 12.1 Å². The number of benzene rings is 1. The molecule has 0 aliphatic heterocycles. The zero-order valence-corrected chi connectivity index (χ0v) is 16.6. The molecule has 0 fully saturated rings. The van der Waals surface area contributed by atoms with Gasteiger partial charge in [-0.3, -0.25) is 0 Å². The number of hydrogen-bond acceptors (Lipinski definition) is 5. The van der Waals surface area contributed by atoms with Crippen molar-refractivity contribution in [3.05, 3.63) is 48.3 Å². The topological polar surface area (TPSA) is 101 Å². The number of ether oxygens (including phenoxy) is 1. The Morgan fingerprint density at radius 1 is 1.20 bits per heavy atom. The van der Waals surface area contributed by atoms with E-state index in [-0.39, 0.29) is 17.9 Å². The number of nitrogens with one attached hydrogen (secondary N) is 2. The Balaban J connectivity index is 1.63. The fourth-order valence-corrected chi connectivity index (χ4v) is 3.91. The van der Waals surface area contributed by atoms with Crippen LogP contribution in [0.3, 0.4) is 0 Å².